The van der Waals surface area contributed by atoms with Crippen LogP contribution in [0.5, 0.6) is 0 Å². The van der Waals surface area contributed by atoms with Crippen molar-refractivity contribution in [3.05, 3.63) is 71.5 Å². The van der Waals surface area contributed by atoms with Gasteiger partial charge in [-0.2, -0.15) is 4.99 Å². The first-order valence-electron chi connectivity index (χ1n) is 9.43. The van der Waals surface area contributed by atoms with Gasteiger partial charge in [0.2, 0.25) is 0 Å². The normalized spacial score (nSPS) is 24.0. The van der Waals surface area contributed by atoms with Crippen molar-refractivity contribution in [2.75, 3.05) is 18.1 Å². The van der Waals surface area contributed by atoms with Crippen molar-refractivity contribution >= 4 is 32.7 Å². The summed E-state index contributed by atoms with van der Waals surface area (Å²) in [6.45, 7) is 0.534. The molecule has 5 nitrogen and oxygen atoms in total. The first-order valence-corrected chi connectivity index (χ1v) is 12.1. The molecule has 8 heteroatoms. The Hall–Kier alpha value is -2.19. The fraction of sp³-hybridized carbons (Fsp3) is 0.333. The zero-order valence-electron chi connectivity index (χ0n) is 15.7. The van der Waals surface area contributed by atoms with Crippen LogP contribution >= 0.6 is 11.8 Å². The van der Waals surface area contributed by atoms with Gasteiger partial charge in [0.15, 0.2) is 15.0 Å². The van der Waals surface area contributed by atoms with E-state index >= 15 is 0 Å². The van der Waals surface area contributed by atoms with Crippen LogP contribution in [-0.2, 0) is 27.5 Å². The maximum atomic E-state index is 13.1. The van der Waals surface area contributed by atoms with Gasteiger partial charge in [0.05, 0.1) is 24.0 Å². The van der Waals surface area contributed by atoms with Crippen molar-refractivity contribution in [2.45, 2.75) is 24.1 Å². The summed E-state index contributed by atoms with van der Waals surface area (Å²) in [6, 6.07) is 15.5. The van der Waals surface area contributed by atoms with Crippen molar-refractivity contribution in [1.29, 1.82) is 0 Å². The molecule has 0 aliphatic carbocycles. The van der Waals surface area contributed by atoms with Gasteiger partial charge in [0.25, 0.3) is 5.91 Å². The van der Waals surface area contributed by atoms with E-state index in [0.717, 1.165) is 11.1 Å². The number of amidine groups is 1. The fourth-order valence-corrected chi connectivity index (χ4v) is 7.71. The molecule has 2 aromatic carbocycles. The molecule has 2 atom stereocenters. The summed E-state index contributed by atoms with van der Waals surface area (Å²) in [6.07, 6.45) is 0.834. The van der Waals surface area contributed by atoms with Crippen molar-refractivity contribution in [3.63, 3.8) is 0 Å². The Morgan fingerprint density at radius 3 is 2.52 bits per heavy atom. The Morgan fingerprint density at radius 1 is 1.07 bits per heavy atom. The zero-order chi connectivity index (χ0) is 20.4. The van der Waals surface area contributed by atoms with Gasteiger partial charge in [0.1, 0.15) is 5.82 Å². The molecule has 0 unspecified atom stereocenters. The maximum Gasteiger partial charge on any atom is 0.252 e. The standard InChI is InChI=1S/C21H21FN2O3S2/c22-17-8-6-15(7-9-17)10-11-24-18-13-29(26,27)14-19(18)28-21(24)23-20(25)12-16-4-2-1-3-5-16/h1-9,18-19H,10-14H2/t18-,19+/m0/s1. The van der Waals surface area contributed by atoms with Gasteiger partial charge in [-0.1, -0.05) is 54.2 Å². The molecule has 29 heavy (non-hydrogen) atoms. The van der Waals surface area contributed by atoms with E-state index in [-0.39, 0.29) is 40.9 Å². The summed E-state index contributed by atoms with van der Waals surface area (Å²) in [5.74, 6) is -0.337. The van der Waals surface area contributed by atoms with Crippen molar-refractivity contribution in [1.82, 2.24) is 4.90 Å². The minimum Gasteiger partial charge on any atom is -0.346 e. The lowest BCUT2D eigenvalue weighted by Gasteiger charge is -2.24. The van der Waals surface area contributed by atoms with E-state index in [4.69, 9.17) is 0 Å². The third-order valence-electron chi connectivity index (χ3n) is 5.15. The molecule has 2 aromatic rings. The number of thioether (sulfide) groups is 1. The van der Waals surface area contributed by atoms with Crippen LogP contribution in [0.2, 0.25) is 0 Å². The number of rotatable bonds is 5. The summed E-state index contributed by atoms with van der Waals surface area (Å²) >= 11 is 1.38. The van der Waals surface area contributed by atoms with Crippen LogP contribution in [0.3, 0.4) is 0 Å². The number of benzene rings is 2. The highest BCUT2D eigenvalue weighted by molar-refractivity contribution is 8.15. The number of hydrogen-bond donors (Lipinski definition) is 0. The van der Waals surface area contributed by atoms with Gasteiger partial charge in [-0.3, -0.25) is 4.79 Å². The number of nitrogens with zero attached hydrogens (tertiary/aromatic N) is 2. The number of amides is 1. The van der Waals surface area contributed by atoms with Crippen LogP contribution < -0.4 is 0 Å². The average Bonchev–Trinajstić information content (AvgIpc) is 3.13. The van der Waals surface area contributed by atoms with Crippen LogP contribution in [0.25, 0.3) is 0 Å². The SMILES string of the molecule is O=C(Cc1ccccc1)N=C1S[C@@H]2CS(=O)(=O)C[C@@H]2N1CCc1ccc(F)cc1. The molecule has 2 fully saturated rings. The number of sulfone groups is 1. The molecule has 0 saturated carbocycles. The molecule has 0 radical (unpaired) electrons. The summed E-state index contributed by atoms with van der Waals surface area (Å²) < 4.78 is 37.3. The third-order valence-corrected chi connectivity index (χ3v) is 8.40. The number of carbonyl (C=O) groups is 1. The zero-order valence-corrected chi connectivity index (χ0v) is 17.3. The predicted molar refractivity (Wildman–Crippen MR) is 113 cm³/mol. The lowest BCUT2D eigenvalue weighted by molar-refractivity contribution is -0.117. The Morgan fingerprint density at radius 2 is 1.79 bits per heavy atom. The topological polar surface area (TPSA) is 66.8 Å². The molecule has 0 spiro atoms. The number of halogens is 1. The number of carbonyl (C=O) groups excluding carboxylic acids is 1. The molecule has 0 N–H and O–H groups in total. The molecule has 0 aromatic heterocycles. The molecule has 0 bridgehead atoms. The van der Waals surface area contributed by atoms with E-state index in [2.05, 4.69) is 4.99 Å². The van der Waals surface area contributed by atoms with E-state index in [0.29, 0.717) is 18.1 Å². The Balaban J connectivity index is 1.51. The first-order chi connectivity index (χ1) is 13.9. The second-order valence-corrected chi connectivity index (χ2v) is 10.7. The lowest BCUT2D eigenvalue weighted by Crippen LogP contribution is -2.39. The summed E-state index contributed by atoms with van der Waals surface area (Å²) in [5.41, 5.74) is 1.85. The second-order valence-electron chi connectivity index (χ2n) is 7.32. The van der Waals surface area contributed by atoms with Gasteiger partial charge < -0.3 is 4.90 Å². The van der Waals surface area contributed by atoms with Gasteiger partial charge in [0, 0.05) is 11.8 Å². The van der Waals surface area contributed by atoms with Crippen molar-refractivity contribution < 1.29 is 17.6 Å². The van der Waals surface area contributed by atoms with Crippen LogP contribution in [0.4, 0.5) is 4.39 Å². The lowest BCUT2D eigenvalue weighted by atomic mass is 10.1. The molecule has 152 valence electrons. The van der Waals surface area contributed by atoms with Crippen LogP contribution in [-0.4, -0.2) is 53.7 Å². The minimum absolute atomic E-state index is 0.0833. The predicted octanol–water partition coefficient (Wildman–Crippen LogP) is 2.71. The van der Waals surface area contributed by atoms with Gasteiger partial charge in [-0.25, -0.2) is 12.8 Å². The van der Waals surface area contributed by atoms with E-state index in [9.17, 15) is 17.6 Å². The molecule has 2 aliphatic rings. The van der Waals surface area contributed by atoms with E-state index in [1.165, 1.54) is 23.9 Å². The Bertz CT molecular complexity index is 1020. The number of fused-ring (bicyclic) bond motifs is 1. The van der Waals surface area contributed by atoms with E-state index in [1.807, 2.05) is 35.2 Å². The molecule has 1 amide bonds. The molecule has 2 saturated heterocycles. The maximum absolute atomic E-state index is 13.1. The fourth-order valence-electron chi connectivity index (χ4n) is 3.71. The summed E-state index contributed by atoms with van der Waals surface area (Å²) in [4.78, 5) is 18.8. The molecular formula is C21H21FN2O3S2. The van der Waals surface area contributed by atoms with Crippen molar-refractivity contribution in [3.8, 4) is 0 Å². The molecule has 4 rings (SSSR count). The van der Waals surface area contributed by atoms with E-state index in [1.54, 1.807) is 12.1 Å². The van der Waals surface area contributed by atoms with Gasteiger partial charge >= 0.3 is 0 Å². The van der Waals surface area contributed by atoms with Gasteiger partial charge in [-0.05, 0) is 29.7 Å². The Kier molecular flexibility index (Phi) is 5.74. The van der Waals surface area contributed by atoms with Crippen LogP contribution in [0.15, 0.2) is 59.6 Å². The second kappa shape index (κ2) is 8.28. The molecular weight excluding hydrogens is 411 g/mol. The minimum atomic E-state index is -3.08. The highest BCUT2D eigenvalue weighted by Crippen LogP contribution is 2.38. The Labute approximate surface area is 173 Å². The van der Waals surface area contributed by atoms with E-state index < -0.39 is 9.84 Å². The average molecular weight is 433 g/mol. The third kappa shape index (κ3) is 4.87. The number of hydrogen-bond acceptors (Lipinski definition) is 4. The smallest absolute Gasteiger partial charge is 0.252 e. The van der Waals surface area contributed by atoms with Crippen molar-refractivity contribution in [2.24, 2.45) is 4.99 Å². The highest BCUT2D eigenvalue weighted by Gasteiger charge is 2.48. The van der Waals surface area contributed by atoms with Crippen LogP contribution in [0.1, 0.15) is 11.1 Å². The van der Waals surface area contributed by atoms with Gasteiger partial charge in [-0.15, -0.1) is 0 Å². The van der Waals surface area contributed by atoms with Crippen LogP contribution in [0, 0.1) is 5.82 Å². The monoisotopic (exact) mass is 432 g/mol. The number of aliphatic imine (C=N–C) groups is 1. The molecule has 2 heterocycles. The first kappa shape index (κ1) is 20.1. The summed E-state index contributed by atoms with van der Waals surface area (Å²) in [7, 11) is -3.08. The summed E-state index contributed by atoms with van der Waals surface area (Å²) in [5, 5.41) is 0.495. The quantitative estimate of drug-likeness (QED) is 0.727. The molecule has 2 aliphatic heterocycles. The highest BCUT2D eigenvalue weighted by atomic mass is 32.2. The largest absolute Gasteiger partial charge is 0.346 e.